The molecule has 0 saturated heterocycles. The van der Waals surface area contributed by atoms with Crippen LogP contribution in [0.4, 0.5) is 0 Å². The fraction of sp³-hybridized carbons (Fsp3) is 1.00. The normalized spacial score (nSPS) is 15.0. The van der Waals surface area contributed by atoms with E-state index in [0.717, 1.165) is 6.42 Å². The first kappa shape index (κ1) is 12.6. The molecule has 3 nitrogen and oxygen atoms in total. The van der Waals surface area contributed by atoms with Crippen molar-refractivity contribution in [2.24, 2.45) is 0 Å². The molecule has 0 rings (SSSR count). The largest absolute Gasteiger partial charge is 0.422 e. The Kier molecular flexibility index (Phi) is 6.39. The molecule has 0 amide bonds. The van der Waals surface area contributed by atoms with Crippen LogP contribution in [0.3, 0.4) is 0 Å². The van der Waals surface area contributed by atoms with Crippen molar-refractivity contribution in [2.45, 2.75) is 24.0 Å². The van der Waals surface area contributed by atoms with E-state index in [1.165, 1.54) is 0 Å². The summed E-state index contributed by atoms with van der Waals surface area (Å²) < 4.78 is 15.7. The molecule has 0 N–H and O–H groups in total. The minimum absolute atomic E-state index is 0.356. The van der Waals surface area contributed by atoms with Gasteiger partial charge in [0.2, 0.25) is 0 Å². The lowest BCUT2D eigenvalue weighted by atomic mass is 10.1. The zero-order valence-corrected chi connectivity index (χ0v) is 11.7. The number of ether oxygens (including phenoxy) is 2. The van der Waals surface area contributed by atoms with Crippen molar-refractivity contribution in [1.82, 2.24) is 0 Å². The maximum Gasteiger partial charge on any atom is 0.190 e. The molecule has 0 fully saturated rings. The Hall–Kier alpha value is 0.577. The topological polar surface area (TPSA) is 27.7 Å². The van der Waals surface area contributed by atoms with Gasteiger partial charge in [-0.2, -0.15) is 0 Å². The maximum absolute atomic E-state index is 5.28. The summed E-state index contributed by atoms with van der Waals surface area (Å²) in [5.74, 6) is -0.579. The van der Waals surface area contributed by atoms with Crippen LogP contribution >= 0.6 is 15.9 Å². The second-order valence-corrected chi connectivity index (χ2v) is 4.88. The fourth-order valence-electron chi connectivity index (χ4n) is 1.08. The molecule has 1 atom stereocenters. The highest BCUT2D eigenvalue weighted by Gasteiger charge is 2.30. The Morgan fingerprint density at radius 3 is 2.17 bits per heavy atom. The molecule has 0 aliphatic heterocycles. The fourth-order valence-corrected chi connectivity index (χ4v) is 2.01. The van der Waals surface area contributed by atoms with Crippen LogP contribution in [-0.4, -0.2) is 41.9 Å². The van der Waals surface area contributed by atoms with Crippen molar-refractivity contribution in [2.75, 3.05) is 20.8 Å². The molecule has 0 aromatic rings. The molecule has 0 spiro atoms. The monoisotopic (exact) mass is 256 g/mol. The van der Waals surface area contributed by atoms with Gasteiger partial charge in [-0.05, 0) is 0 Å². The highest BCUT2D eigenvalue weighted by molar-refractivity contribution is 9.09. The van der Waals surface area contributed by atoms with Gasteiger partial charge >= 0.3 is 0 Å². The van der Waals surface area contributed by atoms with E-state index in [9.17, 15) is 0 Å². The SMILES string of the molecule is COC(CO[SiH3])(CC(C)Br)OC. The van der Waals surface area contributed by atoms with Crippen LogP contribution in [0.25, 0.3) is 0 Å². The molecule has 0 radical (unpaired) electrons. The second-order valence-electron chi connectivity index (χ2n) is 2.74. The Morgan fingerprint density at radius 1 is 1.42 bits per heavy atom. The van der Waals surface area contributed by atoms with Crippen molar-refractivity contribution in [1.29, 1.82) is 0 Å². The van der Waals surface area contributed by atoms with Crippen LogP contribution in [-0.2, 0) is 13.9 Å². The average Bonchev–Trinajstić information content (AvgIpc) is 2.03. The number of rotatable bonds is 6. The summed E-state index contributed by atoms with van der Waals surface area (Å²) in [5.41, 5.74) is 0. The van der Waals surface area contributed by atoms with Crippen LogP contribution in [0, 0.1) is 0 Å². The smallest absolute Gasteiger partial charge is 0.190 e. The lowest BCUT2D eigenvalue weighted by Gasteiger charge is -2.31. The van der Waals surface area contributed by atoms with E-state index in [1.54, 1.807) is 14.2 Å². The number of hydrogen-bond acceptors (Lipinski definition) is 3. The van der Waals surface area contributed by atoms with Gasteiger partial charge in [0.15, 0.2) is 5.79 Å². The van der Waals surface area contributed by atoms with Gasteiger partial charge in [-0.15, -0.1) is 0 Å². The number of halogens is 1. The first-order chi connectivity index (χ1) is 5.60. The molecule has 0 aliphatic rings. The van der Waals surface area contributed by atoms with Crippen molar-refractivity contribution < 1.29 is 13.9 Å². The molecular weight excluding hydrogens is 240 g/mol. The van der Waals surface area contributed by atoms with Gasteiger partial charge in [0.1, 0.15) is 10.5 Å². The van der Waals surface area contributed by atoms with Crippen molar-refractivity contribution >= 4 is 26.4 Å². The number of hydrogen-bond donors (Lipinski definition) is 0. The molecule has 5 heteroatoms. The molecule has 12 heavy (non-hydrogen) atoms. The van der Waals surface area contributed by atoms with E-state index >= 15 is 0 Å². The zero-order chi connectivity index (χ0) is 9.61. The molecule has 0 heterocycles. The molecular formula is C7H17BrO3Si. The van der Waals surface area contributed by atoms with E-state index in [4.69, 9.17) is 13.9 Å². The van der Waals surface area contributed by atoms with Crippen LogP contribution in [0.2, 0.25) is 0 Å². The maximum atomic E-state index is 5.28. The van der Waals surface area contributed by atoms with Crippen LogP contribution in [0.5, 0.6) is 0 Å². The van der Waals surface area contributed by atoms with Crippen LogP contribution in [0.1, 0.15) is 13.3 Å². The third-order valence-electron chi connectivity index (χ3n) is 1.70. The van der Waals surface area contributed by atoms with E-state index in [0.29, 0.717) is 21.9 Å². The summed E-state index contributed by atoms with van der Waals surface area (Å²) in [6.45, 7) is 2.56. The van der Waals surface area contributed by atoms with Crippen LogP contribution in [0.15, 0.2) is 0 Å². The van der Waals surface area contributed by atoms with Gasteiger partial charge in [0, 0.05) is 25.5 Å². The van der Waals surface area contributed by atoms with E-state index in [2.05, 4.69) is 22.9 Å². The molecule has 1 unspecified atom stereocenters. The number of alkyl halides is 1. The summed E-state index contributed by atoms with van der Waals surface area (Å²) in [6.07, 6.45) is 0.780. The molecule has 74 valence electrons. The zero-order valence-electron chi connectivity index (χ0n) is 8.09. The molecule has 0 saturated carbocycles. The van der Waals surface area contributed by atoms with Gasteiger partial charge in [-0.1, -0.05) is 22.9 Å². The van der Waals surface area contributed by atoms with E-state index in [-0.39, 0.29) is 0 Å². The predicted octanol–water partition coefficient (Wildman–Crippen LogP) is 0.446. The lowest BCUT2D eigenvalue weighted by Crippen LogP contribution is -2.40. The van der Waals surface area contributed by atoms with Crippen LogP contribution < -0.4 is 0 Å². The Labute approximate surface area is 85.4 Å². The predicted molar refractivity (Wildman–Crippen MR) is 55.6 cm³/mol. The Bertz CT molecular complexity index is 117. The van der Waals surface area contributed by atoms with Crippen molar-refractivity contribution in [3.63, 3.8) is 0 Å². The quantitative estimate of drug-likeness (QED) is 0.393. The molecule has 0 aliphatic carbocycles. The number of methoxy groups -OCH3 is 2. The summed E-state index contributed by atoms with van der Waals surface area (Å²) in [4.78, 5) is 0.356. The molecule has 0 bridgehead atoms. The van der Waals surface area contributed by atoms with Gasteiger partial charge in [-0.25, -0.2) is 0 Å². The highest BCUT2D eigenvalue weighted by Crippen LogP contribution is 2.22. The minimum Gasteiger partial charge on any atom is -0.422 e. The summed E-state index contributed by atoms with van der Waals surface area (Å²) in [6, 6.07) is 0. The van der Waals surface area contributed by atoms with Crippen molar-refractivity contribution in [3.05, 3.63) is 0 Å². The summed E-state index contributed by atoms with van der Waals surface area (Å²) in [5, 5.41) is 0. The van der Waals surface area contributed by atoms with Gasteiger partial charge in [0.05, 0.1) is 6.61 Å². The Morgan fingerprint density at radius 2 is 1.92 bits per heavy atom. The molecule has 0 aromatic carbocycles. The highest BCUT2D eigenvalue weighted by atomic mass is 79.9. The standard InChI is InChI=1S/C7H17BrO3Si/c1-6(8)4-7(9-2,10-3)5-11-12/h6H,4-5H2,1-3,12H3. The summed E-state index contributed by atoms with van der Waals surface area (Å²) >= 11 is 3.46. The van der Waals surface area contributed by atoms with E-state index < -0.39 is 5.79 Å². The third kappa shape index (κ3) is 4.00. The minimum atomic E-state index is -0.579. The van der Waals surface area contributed by atoms with Gasteiger partial charge in [0.25, 0.3) is 0 Å². The first-order valence-corrected chi connectivity index (χ1v) is 5.56. The van der Waals surface area contributed by atoms with Gasteiger partial charge in [-0.3, -0.25) is 0 Å². The molecule has 0 aromatic heterocycles. The first-order valence-electron chi connectivity index (χ1n) is 3.83. The Balaban J connectivity index is 4.13. The lowest BCUT2D eigenvalue weighted by molar-refractivity contribution is -0.224. The second kappa shape index (κ2) is 6.10. The van der Waals surface area contributed by atoms with Gasteiger partial charge < -0.3 is 13.9 Å². The van der Waals surface area contributed by atoms with E-state index in [1.807, 2.05) is 0 Å². The average molecular weight is 257 g/mol. The summed E-state index contributed by atoms with van der Waals surface area (Å²) in [7, 11) is 3.98. The van der Waals surface area contributed by atoms with Crippen molar-refractivity contribution in [3.8, 4) is 0 Å². The third-order valence-corrected chi connectivity index (χ3v) is 2.31.